The van der Waals surface area contributed by atoms with E-state index in [4.69, 9.17) is 9.15 Å². The van der Waals surface area contributed by atoms with E-state index in [1.165, 1.54) is 18.2 Å². The number of piperidine rings is 1. The number of nitrogens with zero attached hydrogens (tertiary/aromatic N) is 4. The molecule has 2 fully saturated rings. The van der Waals surface area contributed by atoms with Crippen LogP contribution in [-0.4, -0.2) is 49.9 Å². The van der Waals surface area contributed by atoms with Gasteiger partial charge in [0.15, 0.2) is 6.17 Å². The number of rotatable bonds is 4. The van der Waals surface area contributed by atoms with E-state index in [1.54, 1.807) is 0 Å². The van der Waals surface area contributed by atoms with Crippen LogP contribution in [0.2, 0.25) is 0 Å². The Labute approximate surface area is 163 Å². The Morgan fingerprint density at radius 1 is 1.14 bits per heavy atom. The highest BCUT2D eigenvalue weighted by atomic mass is 19.1. The molecular formula is C19H17F2N5O3. The highest BCUT2D eigenvalue weighted by molar-refractivity contribution is 5.71. The quantitative estimate of drug-likeness (QED) is 0.687. The van der Waals surface area contributed by atoms with Crippen LogP contribution in [0.4, 0.5) is 8.78 Å². The fraction of sp³-hybridized carbons (Fsp3) is 0.368. The Bertz CT molecular complexity index is 1020. The molecule has 5 rings (SSSR count). The van der Waals surface area contributed by atoms with Gasteiger partial charge in [0.1, 0.15) is 17.7 Å². The lowest BCUT2D eigenvalue weighted by atomic mass is 10.0. The van der Waals surface area contributed by atoms with Gasteiger partial charge in [-0.05, 0) is 31.0 Å². The molecule has 1 aromatic carbocycles. The summed E-state index contributed by atoms with van der Waals surface area (Å²) in [4.78, 5) is 0. The number of hydrogen-bond donors (Lipinski definition) is 2. The molecule has 150 valence electrons. The van der Waals surface area contributed by atoms with Gasteiger partial charge in [-0.25, -0.2) is 8.78 Å². The summed E-state index contributed by atoms with van der Waals surface area (Å²) in [7, 11) is 0. The Kier molecular flexibility index (Phi) is 4.35. The van der Waals surface area contributed by atoms with Gasteiger partial charge in [-0.3, -0.25) is 0 Å². The minimum Gasteiger partial charge on any atom is -0.507 e. The maximum absolute atomic E-state index is 14.5. The summed E-state index contributed by atoms with van der Waals surface area (Å²) < 4.78 is 39.6. The van der Waals surface area contributed by atoms with Crippen LogP contribution in [0.25, 0.3) is 22.7 Å². The molecule has 4 atom stereocenters. The van der Waals surface area contributed by atoms with E-state index < -0.39 is 18.1 Å². The molecule has 0 radical (unpaired) electrons. The maximum Gasteiger partial charge on any atom is 0.250 e. The molecule has 2 aliphatic heterocycles. The van der Waals surface area contributed by atoms with Crippen molar-refractivity contribution in [3.63, 3.8) is 0 Å². The van der Waals surface area contributed by atoms with Crippen LogP contribution in [0.15, 0.2) is 35.1 Å². The first kappa shape index (κ1) is 17.9. The number of aromatic hydroxyl groups is 1. The zero-order valence-corrected chi connectivity index (χ0v) is 15.1. The topological polar surface area (TPSA) is 106 Å². The number of fused-ring (bicyclic) bond motifs is 2. The van der Waals surface area contributed by atoms with Crippen molar-refractivity contribution in [2.75, 3.05) is 0 Å². The molecule has 2 bridgehead atoms. The third-order valence-electron chi connectivity index (χ3n) is 5.40. The van der Waals surface area contributed by atoms with Gasteiger partial charge >= 0.3 is 0 Å². The summed E-state index contributed by atoms with van der Waals surface area (Å²) >= 11 is 0. The number of hydrogen-bond acceptors (Lipinski definition) is 8. The van der Waals surface area contributed by atoms with Crippen LogP contribution in [-0.2, 0) is 0 Å². The van der Waals surface area contributed by atoms with Crippen LogP contribution >= 0.6 is 0 Å². The van der Waals surface area contributed by atoms with Crippen molar-refractivity contribution >= 4 is 0 Å². The Balaban J connectivity index is 1.36. The van der Waals surface area contributed by atoms with Gasteiger partial charge in [0.25, 0.3) is 5.89 Å². The van der Waals surface area contributed by atoms with Gasteiger partial charge in [-0.2, -0.15) is 0 Å². The molecule has 2 aromatic heterocycles. The second-order valence-electron chi connectivity index (χ2n) is 7.23. The van der Waals surface area contributed by atoms with E-state index in [0.29, 0.717) is 6.42 Å². The number of halogens is 2. The Morgan fingerprint density at radius 2 is 2.03 bits per heavy atom. The number of alkyl halides is 1. The third-order valence-corrected chi connectivity index (χ3v) is 5.40. The van der Waals surface area contributed by atoms with E-state index in [9.17, 15) is 13.9 Å². The second-order valence-corrected chi connectivity index (χ2v) is 7.23. The van der Waals surface area contributed by atoms with Crippen molar-refractivity contribution < 1.29 is 23.0 Å². The second kappa shape index (κ2) is 7.03. The number of phenolic OH excluding ortho intramolecular Hbond substituents is 1. The van der Waals surface area contributed by atoms with Gasteiger partial charge in [0.05, 0.1) is 11.3 Å². The minimum absolute atomic E-state index is 0.0220. The molecule has 10 heteroatoms. The molecular weight excluding hydrogens is 384 g/mol. The summed E-state index contributed by atoms with van der Waals surface area (Å²) in [5.41, 5.74) is 0.368. The third kappa shape index (κ3) is 3.29. The normalized spacial score (nSPS) is 25.9. The molecule has 2 aliphatic rings. The van der Waals surface area contributed by atoms with Crippen LogP contribution < -0.4 is 10.1 Å². The predicted octanol–water partition coefficient (Wildman–Crippen LogP) is 2.65. The zero-order chi connectivity index (χ0) is 20.0. The monoisotopic (exact) mass is 401 g/mol. The predicted molar refractivity (Wildman–Crippen MR) is 96.3 cm³/mol. The minimum atomic E-state index is -1.11. The van der Waals surface area contributed by atoms with E-state index in [0.717, 1.165) is 25.3 Å². The standard InChI is InChI=1S/C19H17F2N5O3/c20-12-6-11(15(27)7-10(12)19-26-22-8-28-19)13-3-4-17(25-24-13)29-16-5-9-1-2-14(23-9)18(16)21/h3-4,6-9,14,16,18,23,27H,1-2,5H2/t9?,14?,16-,18+/m0/s1. The summed E-state index contributed by atoms with van der Waals surface area (Å²) in [6, 6.07) is 5.45. The summed E-state index contributed by atoms with van der Waals surface area (Å²) in [5, 5.41) is 28.6. The molecule has 2 N–H and O–H groups in total. The van der Waals surface area contributed by atoms with Crippen LogP contribution in [0, 0.1) is 5.82 Å². The first-order valence-electron chi connectivity index (χ1n) is 9.28. The average Bonchev–Trinajstić information content (AvgIpc) is 3.39. The molecule has 0 saturated carbocycles. The van der Waals surface area contributed by atoms with Crippen molar-refractivity contribution in [2.45, 2.75) is 43.6 Å². The average molecular weight is 401 g/mol. The number of phenols is 1. The SMILES string of the molecule is Oc1cc(-c2nnco2)c(F)cc1-c1ccc(O[C@H]2CC3CCC(N3)[C@H]2F)nn1. The Hall–Kier alpha value is -3.14. The first-order chi connectivity index (χ1) is 14.1. The Morgan fingerprint density at radius 3 is 2.79 bits per heavy atom. The number of aromatic nitrogens is 4. The van der Waals surface area contributed by atoms with Crippen molar-refractivity contribution in [2.24, 2.45) is 0 Å². The number of ether oxygens (including phenoxy) is 1. The lowest BCUT2D eigenvalue weighted by Crippen LogP contribution is -2.51. The molecule has 29 heavy (non-hydrogen) atoms. The molecule has 4 heterocycles. The fourth-order valence-electron chi connectivity index (χ4n) is 3.97. The van der Waals surface area contributed by atoms with Gasteiger partial charge in [0.2, 0.25) is 12.3 Å². The van der Waals surface area contributed by atoms with Crippen LogP contribution in [0.3, 0.4) is 0 Å². The van der Waals surface area contributed by atoms with Crippen molar-refractivity contribution in [1.82, 2.24) is 25.7 Å². The van der Waals surface area contributed by atoms with Gasteiger partial charge in [-0.15, -0.1) is 20.4 Å². The highest BCUT2D eigenvalue weighted by Crippen LogP contribution is 2.35. The van der Waals surface area contributed by atoms with Gasteiger partial charge < -0.3 is 19.6 Å². The molecule has 2 unspecified atom stereocenters. The number of nitrogens with one attached hydrogen (secondary N) is 1. The summed E-state index contributed by atoms with van der Waals surface area (Å²) in [6.45, 7) is 0. The molecule has 0 spiro atoms. The van der Waals surface area contributed by atoms with Crippen molar-refractivity contribution in [1.29, 1.82) is 0 Å². The maximum atomic E-state index is 14.5. The fourth-order valence-corrected chi connectivity index (χ4v) is 3.97. The molecule has 0 amide bonds. The van der Waals surface area contributed by atoms with E-state index >= 15 is 0 Å². The van der Waals surface area contributed by atoms with E-state index in [1.807, 2.05) is 0 Å². The largest absolute Gasteiger partial charge is 0.507 e. The highest BCUT2D eigenvalue weighted by Gasteiger charge is 2.43. The van der Waals surface area contributed by atoms with Crippen LogP contribution in [0.1, 0.15) is 19.3 Å². The van der Waals surface area contributed by atoms with E-state index in [2.05, 4.69) is 25.7 Å². The molecule has 0 aliphatic carbocycles. The lowest BCUT2D eigenvalue weighted by molar-refractivity contribution is 0.0422. The van der Waals surface area contributed by atoms with Crippen molar-refractivity contribution in [3.05, 3.63) is 36.5 Å². The smallest absolute Gasteiger partial charge is 0.250 e. The molecule has 3 aromatic rings. The lowest BCUT2D eigenvalue weighted by Gasteiger charge is -2.32. The molecule has 2 saturated heterocycles. The van der Waals surface area contributed by atoms with Crippen molar-refractivity contribution in [3.8, 4) is 34.3 Å². The first-order valence-corrected chi connectivity index (χ1v) is 9.28. The summed E-state index contributed by atoms with van der Waals surface area (Å²) in [6.07, 6.45) is 1.71. The van der Waals surface area contributed by atoms with Crippen LogP contribution in [0.5, 0.6) is 11.6 Å². The van der Waals surface area contributed by atoms with Gasteiger partial charge in [0, 0.05) is 30.1 Å². The van der Waals surface area contributed by atoms with Gasteiger partial charge in [-0.1, -0.05) is 0 Å². The molecule has 8 nitrogen and oxygen atoms in total. The zero-order valence-electron chi connectivity index (χ0n) is 15.1. The number of benzene rings is 1. The van der Waals surface area contributed by atoms with E-state index in [-0.39, 0.29) is 46.4 Å². The summed E-state index contributed by atoms with van der Waals surface area (Å²) in [5.74, 6) is -0.739.